The Morgan fingerprint density at radius 1 is 1.43 bits per heavy atom. The van der Waals surface area contributed by atoms with E-state index >= 15 is 0 Å². The van der Waals surface area contributed by atoms with Gasteiger partial charge >= 0.3 is 0 Å². The molecule has 21 heavy (non-hydrogen) atoms. The molecule has 0 atom stereocenters. The van der Waals surface area contributed by atoms with E-state index in [4.69, 9.17) is 21.6 Å². The number of nitriles is 1. The van der Waals surface area contributed by atoms with E-state index in [1.165, 1.54) is 11.5 Å². The molecule has 1 aromatic heterocycles. The summed E-state index contributed by atoms with van der Waals surface area (Å²) in [5.74, 6) is 0.857. The van der Waals surface area contributed by atoms with Gasteiger partial charge in [0.05, 0.1) is 7.11 Å². The number of hydrogen-bond acceptors (Lipinski definition) is 5. The molecular formula is C15H16ClN3OS. The first-order chi connectivity index (χ1) is 9.96. The van der Waals surface area contributed by atoms with E-state index in [2.05, 4.69) is 29.6 Å². The zero-order chi connectivity index (χ0) is 15.5. The molecule has 1 heterocycles. The predicted octanol–water partition coefficient (Wildman–Crippen LogP) is 4.11. The first-order valence-corrected chi connectivity index (χ1v) is 7.57. The monoisotopic (exact) mass is 321 g/mol. The standard InChI is InChI=1S/C15H16ClN3OS/c1-15(2,8-10-6-4-5-7-12(10)20-3)18-14-11(9-17)13(16)19-21-14/h4-7,18H,8H2,1-3H3. The highest BCUT2D eigenvalue weighted by atomic mass is 35.5. The van der Waals surface area contributed by atoms with Crippen molar-refractivity contribution < 1.29 is 4.74 Å². The molecule has 110 valence electrons. The number of benzene rings is 1. The molecule has 6 heteroatoms. The highest BCUT2D eigenvalue weighted by Crippen LogP contribution is 2.32. The van der Waals surface area contributed by atoms with Gasteiger partial charge in [-0.15, -0.1) is 0 Å². The van der Waals surface area contributed by atoms with Crippen molar-refractivity contribution in [3.05, 3.63) is 40.5 Å². The van der Waals surface area contributed by atoms with E-state index in [9.17, 15) is 0 Å². The van der Waals surface area contributed by atoms with E-state index in [-0.39, 0.29) is 10.7 Å². The Morgan fingerprint density at radius 2 is 2.14 bits per heavy atom. The Kier molecular flexibility index (Phi) is 4.71. The number of aromatic nitrogens is 1. The lowest BCUT2D eigenvalue weighted by Gasteiger charge is -2.27. The van der Waals surface area contributed by atoms with Gasteiger partial charge in [0.1, 0.15) is 22.4 Å². The Bertz CT molecular complexity index is 676. The Morgan fingerprint density at radius 3 is 2.81 bits per heavy atom. The number of halogens is 1. The van der Waals surface area contributed by atoms with Crippen molar-refractivity contribution >= 4 is 28.1 Å². The molecule has 0 fully saturated rings. The van der Waals surface area contributed by atoms with E-state index in [0.29, 0.717) is 10.6 Å². The molecule has 1 N–H and O–H groups in total. The zero-order valence-corrected chi connectivity index (χ0v) is 13.7. The van der Waals surface area contributed by atoms with Gasteiger partial charge in [-0.25, -0.2) is 0 Å². The first kappa shape index (κ1) is 15.6. The number of ether oxygens (including phenoxy) is 1. The van der Waals surface area contributed by atoms with Gasteiger partial charge in [-0.3, -0.25) is 0 Å². The number of nitrogens with one attached hydrogen (secondary N) is 1. The van der Waals surface area contributed by atoms with E-state index < -0.39 is 0 Å². The van der Waals surface area contributed by atoms with Crippen molar-refractivity contribution in [2.75, 3.05) is 12.4 Å². The third kappa shape index (κ3) is 3.66. The first-order valence-electron chi connectivity index (χ1n) is 6.42. The molecule has 0 saturated heterocycles. The van der Waals surface area contributed by atoms with Crippen LogP contribution in [0.2, 0.25) is 5.15 Å². The lowest BCUT2D eigenvalue weighted by atomic mass is 9.94. The Labute approximate surface area is 133 Å². The van der Waals surface area contributed by atoms with Crippen LogP contribution in [0.5, 0.6) is 5.75 Å². The molecule has 0 unspecified atom stereocenters. The summed E-state index contributed by atoms with van der Waals surface area (Å²) in [5, 5.41) is 13.4. The summed E-state index contributed by atoms with van der Waals surface area (Å²) in [6, 6.07) is 9.98. The fourth-order valence-corrected chi connectivity index (χ4v) is 3.24. The molecular weight excluding hydrogens is 306 g/mol. The van der Waals surface area contributed by atoms with Crippen molar-refractivity contribution in [2.45, 2.75) is 25.8 Å². The highest BCUT2D eigenvalue weighted by molar-refractivity contribution is 7.10. The number of methoxy groups -OCH3 is 1. The van der Waals surface area contributed by atoms with Crippen LogP contribution in [0, 0.1) is 11.3 Å². The van der Waals surface area contributed by atoms with Gasteiger partial charge in [0.25, 0.3) is 0 Å². The highest BCUT2D eigenvalue weighted by Gasteiger charge is 2.23. The minimum Gasteiger partial charge on any atom is -0.496 e. The summed E-state index contributed by atoms with van der Waals surface area (Å²) in [5.41, 5.74) is 1.23. The van der Waals surface area contributed by atoms with Gasteiger partial charge in [-0.2, -0.15) is 9.64 Å². The molecule has 2 aromatic rings. The summed E-state index contributed by atoms with van der Waals surface area (Å²) in [7, 11) is 1.66. The average molecular weight is 322 g/mol. The van der Waals surface area contributed by atoms with Crippen LogP contribution in [0.15, 0.2) is 24.3 Å². The normalized spacial score (nSPS) is 11.0. The molecule has 0 spiro atoms. The fraction of sp³-hybridized carbons (Fsp3) is 0.333. The molecule has 0 radical (unpaired) electrons. The minimum atomic E-state index is -0.268. The number of hydrogen-bond donors (Lipinski definition) is 1. The van der Waals surface area contributed by atoms with Crippen molar-refractivity contribution in [3.8, 4) is 11.8 Å². The maximum Gasteiger partial charge on any atom is 0.162 e. The summed E-state index contributed by atoms with van der Waals surface area (Å²) in [4.78, 5) is 0. The molecule has 0 saturated carbocycles. The quantitative estimate of drug-likeness (QED) is 0.900. The number of anilines is 1. The summed E-state index contributed by atoms with van der Waals surface area (Å²) in [6.07, 6.45) is 0.747. The molecule has 4 nitrogen and oxygen atoms in total. The van der Waals surface area contributed by atoms with Gasteiger partial charge in [0, 0.05) is 5.54 Å². The van der Waals surface area contributed by atoms with Crippen molar-refractivity contribution in [2.24, 2.45) is 0 Å². The van der Waals surface area contributed by atoms with E-state index in [0.717, 1.165) is 17.7 Å². The second-order valence-corrected chi connectivity index (χ2v) is 6.42. The molecule has 0 bridgehead atoms. The smallest absolute Gasteiger partial charge is 0.162 e. The molecule has 0 amide bonds. The third-order valence-corrected chi connectivity index (χ3v) is 4.18. The number of para-hydroxylation sites is 1. The molecule has 0 aliphatic heterocycles. The van der Waals surface area contributed by atoms with Crippen LogP contribution >= 0.6 is 23.1 Å². The van der Waals surface area contributed by atoms with Gasteiger partial charge < -0.3 is 10.1 Å². The van der Waals surface area contributed by atoms with Gasteiger partial charge in [0.2, 0.25) is 0 Å². The fourth-order valence-electron chi connectivity index (χ4n) is 2.13. The van der Waals surface area contributed by atoms with E-state index in [1.807, 2.05) is 24.3 Å². The van der Waals surface area contributed by atoms with Gasteiger partial charge in [-0.05, 0) is 43.4 Å². The minimum absolute atomic E-state index is 0.248. The zero-order valence-electron chi connectivity index (χ0n) is 12.1. The topological polar surface area (TPSA) is 57.9 Å². The van der Waals surface area contributed by atoms with Crippen LogP contribution in [-0.4, -0.2) is 17.0 Å². The van der Waals surface area contributed by atoms with Crippen LogP contribution in [0.4, 0.5) is 5.00 Å². The lowest BCUT2D eigenvalue weighted by molar-refractivity contribution is 0.405. The Balaban J connectivity index is 2.20. The SMILES string of the molecule is COc1ccccc1CC(C)(C)Nc1snc(Cl)c1C#N. The molecule has 0 aliphatic carbocycles. The van der Waals surface area contributed by atoms with Crippen LogP contribution in [0.25, 0.3) is 0 Å². The third-order valence-electron chi connectivity index (χ3n) is 3.04. The molecule has 1 aromatic carbocycles. The Hall–Kier alpha value is -1.77. The van der Waals surface area contributed by atoms with Crippen LogP contribution in [0.3, 0.4) is 0 Å². The molecule has 0 aliphatic rings. The van der Waals surface area contributed by atoms with Crippen LogP contribution < -0.4 is 10.1 Å². The average Bonchev–Trinajstić information content (AvgIpc) is 2.78. The number of rotatable bonds is 5. The van der Waals surface area contributed by atoms with Crippen LogP contribution in [0.1, 0.15) is 25.0 Å². The molecule has 2 rings (SSSR count). The largest absolute Gasteiger partial charge is 0.496 e. The van der Waals surface area contributed by atoms with Crippen molar-refractivity contribution in [1.82, 2.24) is 4.37 Å². The van der Waals surface area contributed by atoms with Crippen molar-refractivity contribution in [1.29, 1.82) is 5.26 Å². The van der Waals surface area contributed by atoms with Gasteiger partial charge in [-0.1, -0.05) is 29.8 Å². The number of nitrogens with zero attached hydrogens (tertiary/aromatic N) is 2. The van der Waals surface area contributed by atoms with Crippen LogP contribution in [-0.2, 0) is 6.42 Å². The second kappa shape index (κ2) is 6.33. The second-order valence-electron chi connectivity index (χ2n) is 5.29. The summed E-state index contributed by atoms with van der Waals surface area (Å²) in [6.45, 7) is 4.13. The summed E-state index contributed by atoms with van der Waals surface area (Å²) < 4.78 is 9.39. The maximum atomic E-state index is 9.13. The lowest BCUT2D eigenvalue weighted by Crippen LogP contribution is -2.33. The van der Waals surface area contributed by atoms with Crippen molar-refractivity contribution in [3.63, 3.8) is 0 Å². The van der Waals surface area contributed by atoms with Gasteiger partial charge in [0.15, 0.2) is 5.15 Å². The predicted molar refractivity (Wildman–Crippen MR) is 86.2 cm³/mol. The van der Waals surface area contributed by atoms with E-state index in [1.54, 1.807) is 7.11 Å². The maximum absolute atomic E-state index is 9.13. The summed E-state index contributed by atoms with van der Waals surface area (Å²) >= 11 is 7.10.